The zero-order chi connectivity index (χ0) is 29.8. The SMILES string of the molecule is CCCCC1C(C)C(C2C=CC(c3ccncc3-c3ccccc3)=C3C=CCCC32)C(CCC)=C(C)C1C1C=CC=CC1. The van der Waals surface area contributed by atoms with Crippen molar-refractivity contribution in [2.45, 2.75) is 79.1 Å². The summed E-state index contributed by atoms with van der Waals surface area (Å²) in [4.78, 5) is 4.56. The summed E-state index contributed by atoms with van der Waals surface area (Å²) in [6.07, 6.45) is 33.7. The van der Waals surface area contributed by atoms with E-state index in [0.717, 1.165) is 5.92 Å². The third-order valence-electron chi connectivity index (χ3n) is 11.2. The molecule has 0 saturated carbocycles. The maximum absolute atomic E-state index is 4.56. The van der Waals surface area contributed by atoms with Crippen molar-refractivity contribution in [3.05, 3.63) is 120 Å². The summed E-state index contributed by atoms with van der Waals surface area (Å²) in [7, 11) is 0. The summed E-state index contributed by atoms with van der Waals surface area (Å²) in [5, 5.41) is 0. The third-order valence-corrected chi connectivity index (χ3v) is 11.2. The summed E-state index contributed by atoms with van der Waals surface area (Å²) in [5.74, 6) is 4.50. The minimum atomic E-state index is 0.559. The predicted octanol–water partition coefficient (Wildman–Crippen LogP) is 11.6. The Bertz CT molecular complexity index is 1450. The van der Waals surface area contributed by atoms with E-state index in [2.05, 4.69) is 124 Å². The number of hydrogen-bond acceptors (Lipinski definition) is 1. The first kappa shape index (κ1) is 29.9. The van der Waals surface area contributed by atoms with Gasteiger partial charge < -0.3 is 0 Å². The van der Waals surface area contributed by atoms with Crippen LogP contribution in [0.2, 0.25) is 0 Å². The molecule has 1 nitrogen and oxygen atoms in total. The molecule has 224 valence electrons. The summed E-state index contributed by atoms with van der Waals surface area (Å²) < 4.78 is 0. The number of unbranched alkanes of at least 4 members (excludes halogenated alkanes) is 1. The van der Waals surface area contributed by atoms with Crippen LogP contribution in [0.4, 0.5) is 0 Å². The highest BCUT2D eigenvalue weighted by molar-refractivity contribution is 5.88. The average molecular weight is 570 g/mol. The summed E-state index contributed by atoms with van der Waals surface area (Å²) in [5.41, 5.74) is 10.3. The molecule has 1 aromatic carbocycles. The molecule has 4 aliphatic rings. The molecule has 0 aliphatic heterocycles. The van der Waals surface area contributed by atoms with Gasteiger partial charge in [-0.1, -0.05) is 130 Å². The molecule has 0 bridgehead atoms. The first-order valence-electron chi connectivity index (χ1n) is 17.3. The molecule has 0 radical (unpaired) electrons. The van der Waals surface area contributed by atoms with Crippen LogP contribution in [0.5, 0.6) is 0 Å². The van der Waals surface area contributed by atoms with E-state index in [9.17, 15) is 0 Å². The van der Waals surface area contributed by atoms with Crippen LogP contribution in [0.3, 0.4) is 0 Å². The van der Waals surface area contributed by atoms with Crippen molar-refractivity contribution >= 4 is 5.57 Å². The van der Waals surface area contributed by atoms with E-state index in [-0.39, 0.29) is 0 Å². The second kappa shape index (κ2) is 13.6. The normalized spacial score (nSPS) is 30.2. The molecule has 7 atom stereocenters. The first-order valence-corrected chi connectivity index (χ1v) is 17.3. The summed E-state index contributed by atoms with van der Waals surface area (Å²) in [6, 6.07) is 13.0. The van der Waals surface area contributed by atoms with Gasteiger partial charge in [-0.05, 0) is 109 Å². The lowest BCUT2D eigenvalue weighted by atomic mass is 9.53. The summed E-state index contributed by atoms with van der Waals surface area (Å²) >= 11 is 0. The molecular weight excluding hydrogens is 518 g/mol. The maximum atomic E-state index is 4.56. The molecule has 1 aromatic heterocycles. The van der Waals surface area contributed by atoms with Gasteiger partial charge in [0.2, 0.25) is 0 Å². The van der Waals surface area contributed by atoms with Gasteiger partial charge in [-0.25, -0.2) is 0 Å². The lowest BCUT2D eigenvalue weighted by molar-refractivity contribution is 0.107. The number of benzene rings is 1. The molecule has 1 heteroatoms. The number of rotatable bonds is 9. The molecular formula is C42H51N. The van der Waals surface area contributed by atoms with Crippen LogP contribution in [0.1, 0.15) is 84.6 Å². The van der Waals surface area contributed by atoms with E-state index in [1.165, 1.54) is 73.6 Å². The Labute approximate surface area is 261 Å². The molecule has 2 aromatic rings. The van der Waals surface area contributed by atoms with Crippen molar-refractivity contribution in [2.75, 3.05) is 0 Å². The van der Waals surface area contributed by atoms with Crippen LogP contribution < -0.4 is 0 Å². The standard InChI is InChI=1S/C42H51N/c1-5-7-21-34-30(4)42(33(16-6-2)29(3)41(34)32-19-12-9-13-20-32)39-25-24-37(35-22-14-15-23-36(35)39)38-26-27-43-28-40(38)31-17-10-8-11-18-31/h8-14,17-19,22,24-28,30,32,34,36,39,41-42H,5-7,15-16,20-21,23H2,1-4H3. The van der Waals surface area contributed by atoms with Gasteiger partial charge in [-0.15, -0.1) is 0 Å². The minimum Gasteiger partial charge on any atom is -0.264 e. The lowest BCUT2D eigenvalue weighted by Crippen LogP contribution is -2.43. The van der Waals surface area contributed by atoms with Crippen LogP contribution >= 0.6 is 0 Å². The van der Waals surface area contributed by atoms with E-state index >= 15 is 0 Å². The zero-order valence-corrected chi connectivity index (χ0v) is 26.9. The van der Waals surface area contributed by atoms with Gasteiger partial charge in [0.05, 0.1) is 0 Å². The second-order valence-corrected chi connectivity index (χ2v) is 13.6. The fraction of sp³-hybridized carbons (Fsp3) is 0.452. The molecule has 0 fully saturated rings. The number of allylic oxidation sites excluding steroid dienone is 12. The van der Waals surface area contributed by atoms with Gasteiger partial charge >= 0.3 is 0 Å². The lowest BCUT2D eigenvalue weighted by Gasteiger charge is -2.51. The highest BCUT2D eigenvalue weighted by Crippen LogP contribution is 2.56. The number of pyridine rings is 1. The van der Waals surface area contributed by atoms with Crippen LogP contribution in [0.25, 0.3) is 16.7 Å². The van der Waals surface area contributed by atoms with Gasteiger partial charge in [0.1, 0.15) is 0 Å². The first-order chi connectivity index (χ1) is 21.1. The Morgan fingerprint density at radius 3 is 2.51 bits per heavy atom. The van der Waals surface area contributed by atoms with Crippen LogP contribution in [0.15, 0.2) is 114 Å². The van der Waals surface area contributed by atoms with Gasteiger partial charge in [0, 0.05) is 18.0 Å². The number of aromatic nitrogens is 1. The van der Waals surface area contributed by atoms with Crippen molar-refractivity contribution in [1.82, 2.24) is 4.98 Å². The maximum Gasteiger partial charge on any atom is 0.0352 e. The van der Waals surface area contributed by atoms with Crippen LogP contribution in [-0.4, -0.2) is 4.98 Å². The monoisotopic (exact) mass is 569 g/mol. The zero-order valence-electron chi connectivity index (χ0n) is 26.9. The van der Waals surface area contributed by atoms with Crippen molar-refractivity contribution in [3.8, 4) is 11.1 Å². The van der Waals surface area contributed by atoms with E-state index in [1.807, 2.05) is 6.20 Å². The molecule has 0 saturated heterocycles. The van der Waals surface area contributed by atoms with Crippen molar-refractivity contribution < 1.29 is 0 Å². The second-order valence-electron chi connectivity index (χ2n) is 13.6. The van der Waals surface area contributed by atoms with Crippen LogP contribution in [-0.2, 0) is 0 Å². The van der Waals surface area contributed by atoms with Gasteiger partial charge in [0.25, 0.3) is 0 Å². The molecule has 43 heavy (non-hydrogen) atoms. The molecule has 0 N–H and O–H groups in total. The van der Waals surface area contributed by atoms with Crippen molar-refractivity contribution in [3.63, 3.8) is 0 Å². The fourth-order valence-electron chi connectivity index (χ4n) is 9.30. The Morgan fingerprint density at radius 1 is 0.884 bits per heavy atom. The predicted molar refractivity (Wildman–Crippen MR) is 184 cm³/mol. The number of hydrogen-bond donors (Lipinski definition) is 0. The Kier molecular flexibility index (Phi) is 9.46. The quantitative estimate of drug-likeness (QED) is 0.274. The van der Waals surface area contributed by atoms with E-state index in [0.29, 0.717) is 35.5 Å². The average Bonchev–Trinajstić information content (AvgIpc) is 3.06. The Balaban J connectivity index is 1.43. The minimum absolute atomic E-state index is 0.559. The van der Waals surface area contributed by atoms with Crippen LogP contribution in [0, 0.1) is 41.4 Å². The van der Waals surface area contributed by atoms with Gasteiger partial charge in [-0.3, -0.25) is 4.98 Å². The van der Waals surface area contributed by atoms with Crippen molar-refractivity contribution in [2.24, 2.45) is 41.4 Å². The molecule has 0 spiro atoms. The molecule has 6 rings (SSSR count). The van der Waals surface area contributed by atoms with Crippen molar-refractivity contribution in [1.29, 1.82) is 0 Å². The topological polar surface area (TPSA) is 12.9 Å². The largest absolute Gasteiger partial charge is 0.264 e. The van der Waals surface area contributed by atoms with E-state index in [4.69, 9.17) is 0 Å². The smallest absolute Gasteiger partial charge is 0.0352 e. The van der Waals surface area contributed by atoms with E-state index in [1.54, 1.807) is 16.7 Å². The van der Waals surface area contributed by atoms with Gasteiger partial charge in [0.15, 0.2) is 0 Å². The summed E-state index contributed by atoms with van der Waals surface area (Å²) in [6.45, 7) is 9.94. The van der Waals surface area contributed by atoms with E-state index < -0.39 is 0 Å². The number of fused-ring (bicyclic) bond motifs is 1. The molecule has 7 unspecified atom stereocenters. The fourth-order valence-corrected chi connectivity index (χ4v) is 9.30. The Morgan fingerprint density at radius 2 is 1.74 bits per heavy atom. The highest BCUT2D eigenvalue weighted by Gasteiger charge is 2.47. The molecule has 1 heterocycles. The third kappa shape index (κ3) is 5.85. The number of nitrogens with zero attached hydrogens (tertiary/aromatic N) is 1. The van der Waals surface area contributed by atoms with Gasteiger partial charge in [-0.2, -0.15) is 0 Å². The highest BCUT2D eigenvalue weighted by atomic mass is 14.6. The molecule has 4 aliphatic carbocycles. The molecule has 0 amide bonds. The Hall–Kier alpha value is -3.19.